The second-order valence-corrected chi connectivity index (χ2v) is 2.01. The lowest BCUT2D eigenvalue weighted by molar-refractivity contribution is -0.139. The van der Waals surface area contributed by atoms with Crippen molar-refractivity contribution in [1.29, 1.82) is 0 Å². The van der Waals surface area contributed by atoms with Crippen molar-refractivity contribution >= 4 is 5.97 Å². The van der Waals surface area contributed by atoms with Gasteiger partial charge in [-0.2, -0.15) is 0 Å². The molecule has 0 fully saturated rings. The third-order valence-corrected chi connectivity index (χ3v) is 1.25. The van der Waals surface area contributed by atoms with Crippen LogP contribution >= 0.6 is 0 Å². The van der Waals surface area contributed by atoms with Gasteiger partial charge in [0, 0.05) is 13.0 Å². The summed E-state index contributed by atoms with van der Waals surface area (Å²) in [7, 11) is 0. The van der Waals surface area contributed by atoms with Crippen LogP contribution in [-0.2, 0) is 9.53 Å². The molecule has 1 atom stereocenters. The summed E-state index contributed by atoms with van der Waals surface area (Å²) in [4.78, 5) is 10.4. The largest absolute Gasteiger partial charge is 0.508 e. The average Bonchev–Trinajstić information content (AvgIpc) is 2.13. The molecular formula is C6H8O4. The summed E-state index contributed by atoms with van der Waals surface area (Å²) in [6, 6.07) is 0. The van der Waals surface area contributed by atoms with Crippen LogP contribution in [0.15, 0.2) is 11.8 Å². The summed E-state index contributed by atoms with van der Waals surface area (Å²) in [6.45, 7) is -0.101. The predicted molar refractivity (Wildman–Crippen MR) is 32.3 cm³/mol. The summed E-state index contributed by atoms with van der Waals surface area (Å²) in [6.07, 6.45) is 0.645. The maximum atomic E-state index is 10.4. The fourth-order valence-electron chi connectivity index (χ4n) is 0.772. The van der Waals surface area contributed by atoms with Crippen LogP contribution < -0.4 is 0 Å². The number of aliphatic hydroxyl groups is 2. The summed E-state index contributed by atoms with van der Waals surface area (Å²) in [5.74, 6) is -0.644. The highest BCUT2D eigenvalue weighted by molar-refractivity contribution is 5.85. The van der Waals surface area contributed by atoms with Gasteiger partial charge in [0.25, 0.3) is 0 Å². The first kappa shape index (κ1) is 7.08. The molecule has 10 heavy (non-hydrogen) atoms. The highest BCUT2D eigenvalue weighted by Gasteiger charge is 2.24. The lowest BCUT2D eigenvalue weighted by Gasteiger charge is -2.06. The Morgan fingerprint density at radius 3 is 2.80 bits per heavy atom. The second-order valence-electron chi connectivity index (χ2n) is 2.01. The van der Waals surface area contributed by atoms with E-state index in [1.165, 1.54) is 0 Å². The van der Waals surface area contributed by atoms with E-state index in [2.05, 4.69) is 4.74 Å². The van der Waals surface area contributed by atoms with Crippen LogP contribution in [0.5, 0.6) is 0 Å². The Morgan fingerprint density at radius 1 is 1.70 bits per heavy atom. The van der Waals surface area contributed by atoms with E-state index in [9.17, 15) is 4.79 Å². The molecule has 4 heteroatoms. The molecule has 4 nitrogen and oxygen atoms in total. The number of rotatable bonds is 2. The fourth-order valence-corrected chi connectivity index (χ4v) is 0.772. The number of aliphatic hydroxyl groups excluding tert-OH is 2. The topological polar surface area (TPSA) is 66.8 Å². The molecule has 1 aliphatic heterocycles. The van der Waals surface area contributed by atoms with Gasteiger partial charge < -0.3 is 14.9 Å². The highest BCUT2D eigenvalue weighted by Crippen LogP contribution is 2.14. The molecule has 0 bridgehead atoms. The minimum absolute atomic E-state index is 0.0981. The Balaban J connectivity index is 2.51. The van der Waals surface area contributed by atoms with Crippen LogP contribution in [0.4, 0.5) is 0 Å². The lowest BCUT2D eigenvalue weighted by Crippen LogP contribution is -2.13. The standard InChI is InChI=1S/C6H8O4/c7-2-1-5-4(8)3-6(9)10-5/h3,5,7-8H,1-2H2. The van der Waals surface area contributed by atoms with E-state index in [-0.39, 0.29) is 18.8 Å². The van der Waals surface area contributed by atoms with Gasteiger partial charge in [-0.1, -0.05) is 0 Å². The maximum Gasteiger partial charge on any atom is 0.335 e. The average molecular weight is 144 g/mol. The second kappa shape index (κ2) is 2.70. The van der Waals surface area contributed by atoms with Crippen molar-refractivity contribution < 1.29 is 19.7 Å². The van der Waals surface area contributed by atoms with Crippen molar-refractivity contribution in [2.24, 2.45) is 0 Å². The number of hydrogen-bond donors (Lipinski definition) is 2. The molecule has 1 aliphatic rings. The molecule has 0 radical (unpaired) electrons. The Kier molecular flexibility index (Phi) is 1.91. The Hall–Kier alpha value is -1.03. The molecule has 1 rings (SSSR count). The molecule has 0 amide bonds. The smallest absolute Gasteiger partial charge is 0.335 e. The fraction of sp³-hybridized carbons (Fsp3) is 0.500. The number of ether oxygens (including phenoxy) is 1. The van der Waals surface area contributed by atoms with E-state index < -0.39 is 12.1 Å². The third-order valence-electron chi connectivity index (χ3n) is 1.25. The van der Waals surface area contributed by atoms with Crippen molar-refractivity contribution in [3.05, 3.63) is 11.8 Å². The maximum absolute atomic E-state index is 10.4. The zero-order chi connectivity index (χ0) is 7.56. The summed E-state index contributed by atoms with van der Waals surface area (Å²) in [5, 5.41) is 17.3. The summed E-state index contributed by atoms with van der Waals surface area (Å²) >= 11 is 0. The first-order valence-corrected chi connectivity index (χ1v) is 2.96. The quantitative estimate of drug-likeness (QED) is 0.524. The van der Waals surface area contributed by atoms with Gasteiger partial charge in [-0.3, -0.25) is 0 Å². The van der Waals surface area contributed by atoms with E-state index >= 15 is 0 Å². The van der Waals surface area contributed by atoms with Gasteiger partial charge in [-0.05, 0) is 0 Å². The predicted octanol–water partition coefficient (Wildman–Crippen LogP) is -0.264. The van der Waals surface area contributed by atoms with E-state index in [4.69, 9.17) is 10.2 Å². The number of carbonyl (C=O) groups is 1. The van der Waals surface area contributed by atoms with Crippen LogP contribution in [0.2, 0.25) is 0 Å². The highest BCUT2D eigenvalue weighted by atomic mass is 16.6. The number of esters is 1. The first-order valence-electron chi connectivity index (χ1n) is 2.96. The van der Waals surface area contributed by atoms with Crippen molar-refractivity contribution in [3.63, 3.8) is 0 Å². The molecule has 1 unspecified atom stereocenters. The number of cyclic esters (lactones) is 1. The normalized spacial score (nSPS) is 24.3. The Bertz CT molecular complexity index is 173. The molecular weight excluding hydrogens is 136 g/mol. The molecule has 56 valence electrons. The van der Waals surface area contributed by atoms with E-state index in [1.54, 1.807) is 0 Å². The summed E-state index contributed by atoms with van der Waals surface area (Å²) in [5.41, 5.74) is 0. The Labute approximate surface area is 57.7 Å². The van der Waals surface area contributed by atoms with Crippen molar-refractivity contribution in [3.8, 4) is 0 Å². The van der Waals surface area contributed by atoms with Crippen molar-refractivity contribution in [2.45, 2.75) is 12.5 Å². The SMILES string of the molecule is O=C1C=C(O)C(CCO)O1. The van der Waals surface area contributed by atoms with Gasteiger partial charge in [-0.15, -0.1) is 0 Å². The monoisotopic (exact) mass is 144 g/mol. The van der Waals surface area contributed by atoms with Crippen LogP contribution in [-0.4, -0.2) is 28.9 Å². The van der Waals surface area contributed by atoms with Gasteiger partial charge in [0.15, 0.2) is 6.10 Å². The van der Waals surface area contributed by atoms with E-state index in [0.29, 0.717) is 0 Å². The van der Waals surface area contributed by atoms with Gasteiger partial charge in [0.2, 0.25) is 0 Å². The molecule has 1 heterocycles. The first-order chi connectivity index (χ1) is 4.74. The molecule has 0 aromatic carbocycles. The van der Waals surface area contributed by atoms with Crippen molar-refractivity contribution in [2.75, 3.05) is 6.61 Å². The zero-order valence-electron chi connectivity index (χ0n) is 5.28. The molecule has 0 aliphatic carbocycles. The molecule has 2 N–H and O–H groups in total. The zero-order valence-corrected chi connectivity index (χ0v) is 5.28. The molecule has 0 saturated carbocycles. The number of carbonyl (C=O) groups excluding carboxylic acids is 1. The van der Waals surface area contributed by atoms with Crippen molar-refractivity contribution in [1.82, 2.24) is 0 Å². The van der Waals surface area contributed by atoms with Crippen LogP contribution in [0.25, 0.3) is 0 Å². The van der Waals surface area contributed by atoms with Gasteiger partial charge in [0.1, 0.15) is 5.76 Å². The van der Waals surface area contributed by atoms with Crippen LogP contribution in [0, 0.1) is 0 Å². The molecule has 0 spiro atoms. The van der Waals surface area contributed by atoms with E-state index in [1.807, 2.05) is 0 Å². The third kappa shape index (κ3) is 1.27. The van der Waals surface area contributed by atoms with Gasteiger partial charge in [0.05, 0.1) is 6.08 Å². The minimum Gasteiger partial charge on any atom is -0.508 e. The van der Waals surface area contributed by atoms with Crippen LogP contribution in [0.3, 0.4) is 0 Å². The molecule has 0 saturated heterocycles. The van der Waals surface area contributed by atoms with Crippen LogP contribution in [0.1, 0.15) is 6.42 Å². The lowest BCUT2D eigenvalue weighted by atomic mass is 10.2. The van der Waals surface area contributed by atoms with Gasteiger partial charge in [-0.25, -0.2) is 4.79 Å². The van der Waals surface area contributed by atoms with E-state index in [0.717, 1.165) is 6.08 Å². The molecule has 0 aromatic heterocycles. The minimum atomic E-state index is -0.627. The Morgan fingerprint density at radius 2 is 2.40 bits per heavy atom. The molecule has 0 aromatic rings. The number of hydrogen-bond acceptors (Lipinski definition) is 4. The summed E-state index contributed by atoms with van der Waals surface area (Å²) < 4.78 is 4.57. The van der Waals surface area contributed by atoms with Gasteiger partial charge >= 0.3 is 5.97 Å².